The third kappa shape index (κ3) is 8.86. The standard InChI is InChI=1S/C31H42N2O6/c1-22(37-23(2)35)30(36)32-19-24-8-14-27(15-9-24)31-38-28(20-33-16-6-4-3-5-7-17-33)18-29(39-31)26-12-10-25(21-34)11-13-26/h8-15,22,28-29,31,34H,3-7,16-21H2,1-2H3,(H,32,36). The van der Waals surface area contributed by atoms with Gasteiger partial charge in [0.15, 0.2) is 12.4 Å². The van der Waals surface area contributed by atoms with Crippen LogP contribution in [-0.4, -0.2) is 53.7 Å². The van der Waals surface area contributed by atoms with Crippen molar-refractivity contribution < 1.29 is 28.9 Å². The highest BCUT2D eigenvalue weighted by molar-refractivity contribution is 5.82. The van der Waals surface area contributed by atoms with Gasteiger partial charge >= 0.3 is 5.97 Å². The van der Waals surface area contributed by atoms with Crippen LogP contribution in [0.5, 0.6) is 0 Å². The number of benzene rings is 2. The first-order valence-corrected chi connectivity index (χ1v) is 14.2. The van der Waals surface area contributed by atoms with Crippen LogP contribution in [0.15, 0.2) is 48.5 Å². The third-order valence-electron chi connectivity index (χ3n) is 7.46. The van der Waals surface area contributed by atoms with E-state index in [9.17, 15) is 14.7 Å². The number of aliphatic hydroxyl groups excluding tert-OH is 1. The summed E-state index contributed by atoms with van der Waals surface area (Å²) in [6.07, 6.45) is 5.74. The first kappa shape index (κ1) is 29.2. The molecule has 2 fully saturated rings. The van der Waals surface area contributed by atoms with E-state index in [0.717, 1.165) is 48.3 Å². The van der Waals surface area contributed by atoms with Gasteiger partial charge in [-0.2, -0.15) is 0 Å². The highest BCUT2D eigenvalue weighted by Crippen LogP contribution is 2.38. The van der Waals surface area contributed by atoms with Crippen LogP contribution >= 0.6 is 0 Å². The predicted octanol–water partition coefficient (Wildman–Crippen LogP) is 4.56. The number of carbonyl (C=O) groups excluding carboxylic acids is 2. The van der Waals surface area contributed by atoms with E-state index in [1.807, 2.05) is 48.5 Å². The number of carbonyl (C=O) groups is 2. The molecule has 0 spiro atoms. The number of hydrogen-bond acceptors (Lipinski definition) is 7. The molecule has 0 radical (unpaired) electrons. The lowest BCUT2D eigenvalue weighted by molar-refractivity contribution is -0.253. The fraction of sp³-hybridized carbons (Fsp3) is 0.548. The Kier molecular flexibility index (Phi) is 10.9. The molecule has 2 heterocycles. The molecule has 0 saturated carbocycles. The number of esters is 1. The largest absolute Gasteiger partial charge is 0.453 e. The molecule has 2 aliphatic heterocycles. The summed E-state index contributed by atoms with van der Waals surface area (Å²) in [5.41, 5.74) is 3.81. The van der Waals surface area contributed by atoms with Crippen molar-refractivity contribution in [2.45, 2.75) is 90.1 Å². The average Bonchev–Trinajstić information content (AvgIpc) is 2.93. The fourth-order valence-electron chi connectivity index (χ4n) is 5.24. The Morgan fingerprint density at radius 1 is 0.949 bits per heavy atom. The van der Waals surface area contributed by atoms with Gasteiger partial charge in [-0.15, -0.1) is 0 Å². The van der Waals surface area contributed by atoms with Gasteiger partial charge in [-0.1, -0.05) is 67.8 Å². The lowest BCUT2D eigenvalue weighted by Gasteiger charge is -2.38. The second-order valence-electron chi connectivity index (χ2n) is 10.6. The van der Waals surface area contributed by atoms with Crippen molar-refractivity contribution in [2.75, 3.05) is 19.6 Å². The topological polar surface area (TPSA) is 97.3 Å². The van der Waals surface area contributed by atoms with Gasteiger partial charge in [-0.05, 0) is 49.5 Å². The second-order valence-corrected chi connectivity index (χ2v) is 10.6. The van der Waals surface area contributed by atoms with E-state index in [-0.39, 0.29) is 24.7 Å². The fourth-order valence-corrected chi connectivity index (χ4v) is 5.24. The van der Waals surface area contributed by atoms with Gasteiger partial charge in [-0.25, -0.2) is 0 Å². The van der Waals surface area contributed by atoms with Crippen molar-refractivity contribution in [1.82, 2.24) is 10.2 Å². The van der Waals surface area contributed by atoms with Crippen LogP contribution in [0.1, 0.15) is 87.0 Å². The number of likely N-dealkylation sites (tertiary alicyclic amines) is 1. The van der Waals surface area contributed by atoms with Gasteiger partial charge in [0, 0.05) is 32.0 Å². The monoisotopic (exact) mass is 538 g/mol. The van der Waals surface area contributed by atoms with E-state index < -0.39 is 18.4 Å². The van der Waals surface area contributed by atoms with Crippen LogP contribution in [-0.2, 0) is 37.0 Å². The molecular formula is C31H42N2O6. The maximum absolute atomic E-state index is 12.2. The Balaban J connectivity index is 1.43. The summed E-state index contributed by atoms with van der Waals surface area (Å²) >= 11 is 0. The van der Waals surface area contributed by atoms with Gasteiger partial charge in [0.2, 0.25) is 0 Å². The number of nitrogens with one attached hydrogen (secondary N) is 1. The third-order valence-corrected chi connectivity index (χ3v) is 7.46. The summed E-state index contributed by atoms with van der Waals surface area (Å²) in [4.78, 5) is 25.8. The van der Waals surface area contributed by atoms with Gasteiger partial charge in [-0.3, -0.25) is 9.59 Å². The first-order valence-electron chi connectivity index (χ1n) is 14.2. The van der Waals surface area contributed by atoms with Crippen molar-refractivity contribution in [3.63, 3.8) is 0 Å². The Bertz CT molecular complexity index is 1050. The summed E-state index contributed by atoms with van der Waals surface area (Å²) in [6.45, 7) is 6.28. The van der Waals surface area contributed by atoms with Crippen molar-refractivity contribution in [1.29, 1.82) is 0 Å². The molecule has 8 nitrogen and oxygen atoms in total. The maximum Gasteiger partial charge on any atom is 0.303 e. The molecule has 0 aliphatic carbocycles. The number of aliphatic hydroxyl groups is 1. The molecule has 2 aliphatic rings. The molecule has 4 rings (SSSR count). The van der Waals surface area contributed by atoms with E-state index in [0.29, 0.717) is 6.54 Å². The van der Waals surface area contributed by atoms with E-state index in [1.165, 1.54) is 39.0 Å². The Morgan fingerprint density at radius 2 is 1.56 bits per heavy atom. The molecule has 1 amide bonds. The van der Waals surface area contributed by atoms with Crippen LogP contribution in [0, 0.1) is 0 Å². The Hall–Kier alpha value is -2.78. The second kappa shape index (κ2) is 14.6. The zero-order chi connectivity index (χ0) is 27.6. The van der Waals surface area contributed by atoms with Crippen LogP contribution in [0.4, 0.5) is 0 Å². The van der Waals surface area contributed by atoms with Crippen LogP contribution < -0.4 is 5.32 Å². The average molecular weight is 539 g/mol. The molecule has 8 heteroatoms. The molecule has 0 bridgehead atoms. The van der Waals surface area contributed by atoms with Crippen molar-refractivity contribution in [2.24, 2.45) is 0 Å². The molecule has 212 valence electrons. The minimum Gasteiger partial charge on any atom is -0.453 e. The summed E-state index contributed by atoms with van der Waals surface area (Å²) in [6, 6.07) is 15.8. The van der Waals surface area contributed by atoms with Crippen LogP contribution in [0.25, 0.3) is 0 Å². The zero-order valence-electron chi connectivity index (χ0n) is 23.1. The molecule has 2 aromatic carbocycles. The number of nitrogens with zero attached hydrogens (tertiary/aromatic N) is 1. The highest BCUT2D eigenvalue weighted by Gasteiger charge is 2.33. The Labute approximate surface area is 231 Å². The van der Waals surface area contributed by atoms with Crippen molar-refractivity contribution >= 4 is 11.9 Å². The SMILES string of the molecule is CC(=O)OC(C)C(=O)NCc1ccc(C2OC(CN3CCCCCCC3)CC(c3ccc(CO)cc3)O2)cc1. The van der Waals surface area contributed by atoms with Gasteiger partial charge in [0.25, 0.3) is 5.91 Å². The quantitative estimate of drug-likeness (QED) is 0.452. The molecule has 4 atom stereocenters. The molecule has 39 heavy (non-hydrogen) atoms. The van der Waals surface area contributed by atoms with Gasteiger partial charge < -0.3 is 29.5 Å². The molecule has 2 N–H and O–H groups in total. The summed E-state index contributed by atoms with van der Waals surface area (Å²) in [7, 11) is 0. The van der Waals surface area contributed by atoms with E-state index in [4.69, 9.17) is 14.2 Å². The zero-order valence-corrected chi connectivity index (χ0v) is 23.1. The van der Waals surface area contributed by atoms with Crippen LogP contribution in [0.2, 0.25) is 0 Å². The van der Waals surface area contributed by atoms with E-state index in [1.54, 1.807) is 6.92 Å². The molecular weight excluding hydrogens is 496 g/mol. The molecule has 2 aromatic rings. The molecule has 2 saturated heterocycles. The molecule has 4 unspecified atom stereocenters. The summed E-state index contributed by atoms with van der Waals surface area (Å²) < 4.78 is 17.9. The number of hydrogen-bond donors (Lipinski definition) is 2. The number of rotatable bonds is 9. The maximum atomic E-state index is 12.2. The summed E-state index contributed by atoms with van der Waals surface area (Å²) in [5.74, 6) is -0.822. The minimum atomic E-state index is -0.834. The van der Waals surface area contributed by atoms with Crippen molar-refractivity contribution in [3.8, 4) is 0 Å². The van der Waals surface area contributed by atoms with Crippen molar-refractivity contribution in [3.05, 3.63) is 70.8 Å². The number of ether oxygens (including phenoxy) is 3. The molecule has 0 aromatic heterocycles. The highest BCUT2D eigenvalue weighted by atomic mass is 16.7. The van der Waals surface area contributed by atoms with E-state index >= 15 is 0 Å². The predicted molar refractivity (Wildman–Crippen MR) is 147 cm³/mol. The first-order chi connectivity index (χ1) is 18.9. The lowest BCUT2D eigenvalue weighted by Crippen LogP contribution is -2.40. The lowest BCUT2D eigenvalue weighted by atomic mass is 9.99. The Morgan fingerprint density at radius 3 is 2.21 bits per heavy atom. The normalized spacial score (nSPS) is 23.3. The number of amides is 1. The van der Waals surface area contributed by atoms with Crippen LogP contribution in [0.3, 0.4) is 0 Å². The summed E-state index contributed by atoms with van der Waals surface area (Å²) in [5, 5.41) is 12.3. The smallest absolute Gasteiger partial charge is 0.303 e. The minimum absolute atomic E-state index is 0.0184. The van der Waals surface area contributed by atoms with E-state index in [2.05, 4.69) is 10.2 Å². The van der Waals surface area contributed by atoms with Gasteiger partial charge in [0.05, 0.1) is 18.8 Å². The van der Waals surface area contributed by atoms with Gasteiger partial charge in [0.1, 0.15) is 0 Å².